The molecule has 0 aromatic heterocycles. The Balaban J connectivity index is 2.01. The maximum Gasteiger partial charge on any atom is 0.321 e. The Hall–Kier alpha value is -2.04. The Labute approximate surface area is 125 Å². The van der Waals surface area contributed by atoms with Gasteiger partial charge in [-0.1, -0.05) is 13.8 Å². The highest BCUT2D eigenvalue weighted by atomic mass is 16.2. The standard InChI is InChI=1S/C16H23N3O2/c1-3-12(4-2)15(20)18-13-6-8-14(9-7-13)19-11-5-10-17-16(19)21/h6-9,12H,3-5,10-11H2,1-2H3,(H,17,21)(H,18,20). The summed E-state index contributed by atoms with van der Waals surface area (Å²) >= 11 is 0. The molecule has 0 saturated carbocycles. The van der Waals surface area contributed by atoms with E-state index in [4.69, 9.17) is 0 Å². The van der Waals surface area contributed by atoms with Crippen molar-refractivity contribution in [3.05, 3.63) is 24.3 Å². The van der Waals surface area contributed by atoms with Crippen LogP contribution in [0.25, 0.3) is 0 Å². The van der Waals surface area contributed by atoms with Crippen LogP contribution in [-0.4, -0.2) is 25.0 Å². The third kappa shape index (κ3) is 3.74. The monoisotopic (exact) mass is 289 g/mol. The van der Waals surface area contributed by atoms with Crippen molar-refractivity contribution in [1.29, 1.82) is 0 Å². The number of benzene rings is 1. The summed E-state index contributed by atoms with van der Waals surface area (Å²) in [6.07, 6.45) is 2.63. The van der Waals surface area contributed by atoms with E-state index in [9.17, 15) is 9.59 Å². The van der Waals surface area contributed by atoms with Gasteiger partial charge in [0.15, 0.2) is 0 Å². The smallest absolute Gasteiger partial charge is 0.321 e. The molecule has 0 radical (unpaired) electrons. The zero-order chi connectivity index (χ0) is 15.2. The molecule has 0 atom stereocenters. The Bertz CT molecular complexity index is 495. The average Bonchev–Trinajstić information content (AvgIpc) is 2.50. The number of hydrogen-bond donors (Lipinski definition) is 2. The maximum absolute atomic E-state index is 12.0. The minimum Gasteiger partial charge on any atom is -0.338 e. The molecule has 1 heterocycles. The van der Waals surface area contributed by atoms with Gasteiger partial charge in [0.1, 0.15) is 0 Å². The summed E-state index contributed by atoms with van der Waals surface area (Å²) in [6, 6.07) is 7.37. The topological polar surface area (TPSA) is 61.4 Å². The van der Waals surface area contributed by atoms with Gasteiger partial charge in [0.25, 0.3) is 0 Å². The van der Waals surface area contributed by atoms with Crippen LogP contribution in [0.15, 0.2) is 24.3 Å². The van der Waals surface area contributed by atoms with Crippen molar-refractivity contribution in [2.45, 2.75) is 33.1 Å². The fraction of sp³-hybridized carbons (Fsp3) is 0.500. The molecule has 114 valence electrons. The molecule has 3 amide bonds. The first kappa shape index (κ1) is 15.4. The third-order valence-electron chi connectivity index (χ3n) is 3.88. The number of nitrogens with zero attached hydrogens (tertiary/aromatic N) is 1. The van der Waals surface area contributed by atoms with Gasteiger partial charge in [-0.15, -0.1) is 0 Å². The van der Waals surface area contributed by atoms with Gasteiger partial charge in [0.05, 0.1) is 0 Å². The van der Waals surface area contributed by atoms with Crippen LogP contribution in [0.2, 0.25) is 0 Å². The van der Waals surface area contributed by atoms with E-state index < -0.39 is 0 Å². The second-order valence-corrected chi connectivity index (χ2v) is 5.29. The normalized spacial score (nSPS) is 15.0. The van der Waals surface area contributed by atoms with Crippen molar-refractivity contribution in [2.24, 2.45) is 5.92 Å². The molecule has 1 aliphatic heterocycles. The highest BCUT2D eigenvalue weighted by Gasteiger charge is 2.19. The summed E-state index contributed by atoms with van der Waals surface area (Å²) in [6.45, 7) is 5.50. The van der Waals surface area contributed by atoms with Gasteiger partial charge in [-0.2, -0.15) is 0 Å². The Morgan fingerprint density at radius 3 is 2.52 bits per heavy atom. The Kier molecular flexibility index (Phi) is 5.20. The van der Waals surface area contributed by atoms with Crippen molar-refractivity contribution in [3.8, 4) is 0 Å². The van der Waals surface area contributed by atoms with Crippen molar-refractivity contribution in [2.75, 3.05) is 23.3 Å². The zero-order valence-corrected chi connectivity index (χ0v) is 12.7. The highest BCUT2D eigenvalue weighted by molar-refractivity contribution is 5.94. The summed E-state index contributed by atoms with van der Waals surface area (Å²) in [5.74, 6) is 0.112. The number of hydrogen-bond acceptors (Lipinski definition) is 2. The number of carbonyl (C=O) groups excluding carboxylic acids is 2. The molecule has 5 nitrogen and oxygen atoms in total. The second-order valence-electron chi connectivity index (χ2n) is 5.29. The largest absolute Gasteiger partial charge is 0.338 e. The van der Waals surface area contributed by atoms with Gasteiger partial charge >= 0.3 is 6.03 Å². The highest BCUT2D eigenvalue weighted by Crippen LogP contribution is 2.20. The Morgan fingerprint density at radius 1 is 1.29 bits per heavy atom. The molecule has 1 aliphatic rings. The van der Waals surface area contributed by atoms with Gasteiger partial charge in [-0.3, -0.25) is 9.69 Å². The number of carbonyl (C=O) groups is 2. The molecule has 0 bridgehead atoms. The lowest BCUT2D eigenvalue weighted by Crippen LogP contribution is -2.46. The molecule has 1 aromatic rings. The van der Waals surface area contributed by atoms with Crippen molar-refractivity contribution in [1.82, 2.24) is 5.32 Å². The van der Waals surface area contributed by atoms with Crippen LogP contribution in [0.1, 0.15) is 33.1 Å². The molecule has 2 N–H and O–H groups in total. The van der Waals surface area contributed by atoms with Crippen molar-refractivity contribution in [3.63, 3.8) is 0 Å². The van der Waals surface area contributed by atoms with Crippen LogP contribution < -0.4 is 15.5 Å². The zero-order valence-electron chi connectivity index (χ0n) is 12.7. The van der Waals surface area contributed by atoms with Crippen LogP contribution in [0, 0.1) is 5.92 Å². The van der Waals surface area contributed by atoms with E-state index in [1.54, 1.807) is 4.90 Å². The number of rotatable bonds is 5. The summed E-state index contributed by atoms with van der Waals surface area (Å²) < 4.78 is 0. The molecule has 0 spiro atoms. The third-order valence-corrected chi connectivity index (χ3v) is 3.88. The first-order chi connectivity index (χ1) is 10.2. The van der Waals surface area contributed by atoms with E-state index >= 15 is 0 Å². The van der Waals surface area contributed by atoms with Gasteiger partial charge in [-0.25, -0.2) is 4.79 Å². The molecule has 21 heavy (non-hydrogen) atoms. The molecule has 5 heteroatoms. The van der Waals surface area contributed by atoms with E-state index in [2.05, 4.69) is 10.6 Å². The summed E-state index contributed by atoms with van der Waals surface area (Å²) in [5, 5.41) is 5.75. The van der Waals surface area contributed by atoms with Gasteiger partial charge in [0, 0.05) is 30.4 Å². The quantitative estimate of drug-likeness (QED) is 0.875. The number of anilines is 2. The van der Waals surface area contributed by atoms with E-state index in [1.165, 1.54) is 0 Å². The first-order valence-electron chi connectivity index (χ1n) is 7.62. The lowest BCUT2D eigenvalue weighted by molar-refractivity contribution is -0.120. The van der Waals surface area contributed by atoms with E-state index in [0.717, 1.165) is 43.7 Å². The van der Waals surface area contributed by atoms with Crippen LogP contribution in [0.4, 0.5) is 16.2 Å². The number of amides is 3. The van der Waals surface area contributed by atoms with Crippen LogP contribution >= 0.6 is 0 Å². The molecular weight excluding hydrogens is 266 g/mol. The Morgan fingerprint density at radius 2 is 1.95 bits per heavy atom. The minimum atomic E-state index is -0.0601. The minimum absolute atomic E-state index is 0.0533. The van der Waals surface area contributed by atoms with Gasteiger partial charge in [-0.05, 0) is 43.5 Å². The van der Waals surface area contributed by atoms with Crippen molar-refractivity contribution >= 4 is 23.3 Å². The number of urea groups is 1. The summed E-state index contributed by atoms with van der Waals surface area (Å²) in [7, 11) is 0. The number of nitrogens with one attached hydrogen (secondary N) is 2. The fourth-order valence-electron chi connectivity index (χ4n) is 2.50. The molecular formula is C16H23N3O2. The van der Waals surface area contributed by atoms with Crippen molar-refractivity contribution < 1.29 is 9.59 Å². The predicted molar refractivity (Wildman–Crippen MR) is 84.5 cm³/mol. The second kappa shape index (κ2) is 7.11. The van der Waals surface area contributed by atoms with Crippen LogP contribution in [-0.2, 0) is 4.79 Å². The fourth-order valence-corrected chi connectivity index (χ4v) is 2.50. The molecule has 2 rings (SSSR count). The summed E-state index contributed by atoms with van der Waals surface area (Å²) in [4.78, 5) is 25.5. The molecule has 1 fully saturated rings. The maximum atomic E-state index is 12.0. The van der Waals surface area contributed by atoms with Gasteiger partial charge < -0.3 is 10.6 Å². The lowest BCUT2D eigenvalue weighted by atomic mass is 10.0. The first-order valence-corrected chi connectivity index (χ1v) is 7.62. The SMILES string of the molecule is CCC(CC)C(=O)Nc1ccc(N2CCCNC2=O)cc1. The average molecular weight is 289 g/mol. The van der Waals surface area contributed by atoms with Gasteiger partial charge in [0.2, 0.25) is 5.91 Å². The molecule has 1 aromatic carbocycles. The molecule has 0 unspecified atom stereocenters. The van der Waals surface area contributed by atoms with Crippen LogP contribution in [0.5, 0.6) is 0 Å². The molecule has 1 saturated heterocycles. The van der Waals surface area contributed by atoms with E-state index in [0.29, 0.717) is 0 Å². The van der Waals surface area contributed by atoms with E-state index in [1.807, 2.05) is 38.1 Å². The summed E-state index contributed by atoms with van der Waals surface area (Å²) in [5.41, 5.74) is 1.63. The lowest BCUT2D eigenvalue weighted by Gasteiger charge is -2.27. The van der Waals surface area contributed by atoms with Crippen LogP contribution in [0.3, 0.4) is 0 Å². The van der Waals surface area contributed by atoms with E-state index in [-0.39, 0.29) is 17.9 Å². The molecule has 0 aliphatic carbocycles. The predicted octanol–water partition coefficient (Wildman–Crippen LogP) is 2.98.